The number of phosphoric acid groups is 1. The minimum atomic E-state index is -4.61. The Hall–Kier alpha value is -3.10. The number of rotatable bonds is 36. The maximum absolute atomic E-state index is 12.8. The molecule has 0 aliphatic carbocycles. The average molecular weight is 811 g/mol. The number of unbranched alkanes of at least 4 members (excludes halogenated alkanes) is 5. The van der Waals surface area contributed by atoms with Crippen LogP contribution < -0.4 is 10.2 Å². The van der Waals surface area contributed by atoms with Gasteiger partial charge in [0.1, 0.15) is 13.2 Å². The molecule has 0 spiro atoms. The third-order valence-electron chi connectivity index (χ3n) is 8.41. The number of aliphatic hydroxyl groups is 1. The highest BCUT2D eigenvalue weighted by Gasteiger charge is 2.23. The zero-order valence-electron chi connectivity index (χ0n) is 36.2. The molecule has 1 amide bonds. The van der Waals surface area contributed by atoms with Gasteiger partial charge >= 0.3 is 0 Å². The Kier molecular flexibility index (Phi) is 36.3. The highest BCUT2D eigenvalue weighted by molar-refractivity contribution is 7.45. The van der Waals surface area contributed by atoms with Crippen LogP contribution in [0.1, 0.15) is 123 Å². The van der Waals surface area contributed by atoms with Crippen molar-refractivity contribution < 1.29 is 32.9 Å². The summed E-state index contributed by atoms with van der Waals surface area (Å²) in [7, 11) is 1.18. The maximum atomic E-state index is 12.8. The molecule has 2 N–H and O–H groups in total. The summed E-state index contributed by atoms with van der Waals surface area (Å²) in [6.07, 6.45) is 57.0. The Morgan fingerprint density at radius 2 is 1.07 bits per heavy atom. The van der Waals surface area contributed by atoms with Crippen LogP contribution in [0, 0.1) is 0 Å². The predicted octanol–water partition coefficient (Wildman–Crippen LogP) is 11.3. The highest BCUT2D eigenvalue weighted by atomic mass is 31.2. The Morgan fingerprint density at radius 3 is 1.56 bits per heavy atom. The third-order valence-corrected chi connectivity index (χ3v) is 9.37. The van der Waals surface area contributed by atoms with Gasteiger partial charge in [-0.05, 0) is 89.9 Å². The number of aliphatic hydroxyl groups excluding tert-OH is 1. The summed E-state index contributed by atoms with van der Waals surface area (Å²) >= 11 is 0. The molecule has 0 heterocycles. The molecule has 8 nitrogen and oxygen atoms in total. The molecule has 0 radical (unpaired) electrons. The maximum Gasteiger partial charge on any atom is 0.268 e. The predicted molar refractivity (Wildman–Crippen MR) is 242 cm³/mol. The third kappa shape index (κ3) is 40.9. The molecule has 322 valence electrons. The molecule has 3 unspecified atom stereocenters. The molecule has 0 saturated heterocycles. The van der Waals surface area contributed by atoms with Crippen LogP contribution >= 0.6 is 7.82 Å². The number of carbonyl (C=O) groups is 1. The van der Waals surface area contributed by atoms with Crippen LogP contribution in [-0.4, -0.2) is 68.5 Å². The topological polar surface area (TPSA) is 108 Å². The fraction of sp³-hybridized carbons (Fsp3) is 0.562. The Morgan fingerprint density at radius 1 is 0.632 bits per heavy atom. The van der Waals surface area contributed by atoms with Gasteiger partial charge in [0.2, 0.25) is 5.91 Å². The lowest BCUT2D eigenvalue weighted by Gasteiger charge is -2.29. The highest BCUT2D eigenvalue weighted by Crippen LogP contribution is 2.38. The normalized spacial score (nSPS) is 15.6. The first kappa shape index (κ1) is 53.9. The fourth-order valence-electron chi connectivity index (χ4n) is 4.99. The molecule has 0 aromatic carbocycles. The smallest absolute Gasteiger partial charge is 0.268 e. The number of allylic oxidation sites excluding steroid dienone is 19. The van der Waals surface area contributed by atoms with Crippen LogP contribution in [0.25, 0.3) is 0 Å². The molecule has 0 aromatic rings. The molecule has 0 aliphatic heterocycles. The fourth-order valence-corrected chi connectivity index (χ4v) is 5.71. The van der Waals surface area contributed by atoms with E-state index in [-0.39, 0.29) is 18.9 Å². The second kappa shape index (κ2) is 38.4. The van der Waals surface area contributed by atoms with Crippen molar-refractivity contribution in [2.75, 3.05) is 40.9 Å². The van der Waals surface area contributed by atoms with Crippen LogP contribution in [-0.2, 0) is 18.4 Å². The number of likely N-dealkylation sites (N-methyl/N-ethyl adjacent to an activating group) is 1. The van der Waals surface area contributed by atoms with Crippen LogP contribution in [0.15, 0.2) is 122 Å². The summed E-state index contributed by atoms with van der Waals surface area (Å²) in [5, 5.41) is 13.6. The lowest BCUT2D eigenvalue weighted by atomic mass is 10.1. The average Bonchev–Trinajstić information content (AvgIpc) is 3.16. The Bertz CT molecular complexity index is 1330. The van der Waals surface area contributed by atoms with E-state index in [1.54, 1.807) is 6.08 Å². The van der Waals surface area contributed by atoms with E-state index in [9.17, 15) is 19.4 Å². The van der Waals surface area contributed by atoms with E-state index in [0.29, 0.717) is 17.4 Å². The van der Waals surface area contributed by atoms with Gasteiger partial charge in [-0.15, -0.1) is 0 Å². The summed E-state index contributed by atoms with van der Waals surface area (Å²) in [5.74, 6) is -0.261. The van der Waals surface area contributed by atoms with Crippen molar-refractivity contribution in [3.8, 4) is 0 Å². The zero-order chi connectivity index (χ0) is 42.1. The number of nitrogens with one attached hydrogen (secondary N) is 1. The van der Waals surface area contributed by atoms with Gasteiger partial charge in [-0.2, -0.15) is 0 Å². The molecular weight excluding hydrogens is 732 g/mol. The quantitative estimate of drug-likeness (QED) is 0.0282. The minimum absolute atomic E-state index is 0.0232. The van der Waals surface area contributed by atoms with Gasteiger partial charge in [0.25, 0.3) is 7.82 Å². The van der Waals surface area contributed by atoms with Crippen molar-refractivity contribution in [1.82, 2.24) is 5.32 Å². The number of nitrogens with zero attached hydrogens (tertiary/aromatic N) is 1. The molecule has 9 heteroatoms. The van der Waals surface area contributed by atoms with E-state index in [1.165, 1.54) is 0 Å². The van der Waals surface area contributed by atoms with Gasteiger partial charge < -0.3 is 28.8 Å². The van der Waals surface area contributed by atoms with Crippen LogP contribution in [0.2, 0.25) is 0 Å². The number of hydrogen-bond donors (Lipinski definition) is 2. The first-order valence-electron chi connectivity index (χ1n) is 21.4. The number of carbonyl (C=O) groups excluding carboxylic acids is 1. The summed E-state index contributed by atoms with van der Waals surface area (Å²) in [5.41, 5.74) is 0. The first-order valence-corrected chi connectivity index (χ1v) is 22.9. The van der Waals surface area contributed by atoms with Gasteiger partial charge in [-0.3, -0.25) is 9.36 Å². The van der Waals surface area contributed by atoms with Crippen LogP contribution in [0.4, 0.5) is 0 Å². The molecule has 0 rings (SSSR count). The molecule has 0 aromatic heterocycles. The number of quaternary nitrogens is 1. The molecule has 0 saturated carbocycles. The lowest BCUT2D eigenvalue weighted by Crippen LogP contribution is -2.45. The van der Waals surface area contributed by atoms with Crippen LogP contribution in [0.5, 0.6) is 0 Å². The summed E-state index contributed by atoms with van der Waals surface area (Å²) < 4.78 is 23.0. The van der Waals surface area contributed by atoms with E-state index in [1.807, 2.05) is 27.2 Å². The molecular formula is C48H79N2O6P. The van der Waals surface area contributed by atoms with Crippen molar-refractivity contribution in [2.45, 2.75) is 135 Å². The monoisotopic (exact) mass is 811 g/mol. The van der Waals surface area contributed by atoms with Crippen molar-refractivity contribution in [1.29, 1.82) is 0 Å². The van der Waals surface area contributed by atoms with Crippen molar-refractivity contribution in [2.24, 2.45) is 0 Å². The van der Waals surface area contributed by atoms with Gasteiger partial charge in [-0.25, -0.2) is 0 Å². The van der Waals surface area contributed by atoms with E-state index in [0.717, 1.165) is 96.3 Å². The molecule has 0 aliphatic rings. The molecule has 57 heavy (non-hydrogen) atoms. The van der Waals surface area contributed by atoms with Crippen LogP contribution in [0.3, 0.4) is 0 Å². The standard InChI is InChI=1S/C48H79N2O6P/c1-6-8-10-12-14-16-17-18-19-20-21-22-23-24-25-26-27-28-29-30-31-32-33-34-36-38-40-42-48(52)49-46(45-56-57(53,54)55-44-43-50(3,4)5)47(51)41-39-37-35-15-13-11-9-7-2/h8,10,13-16,18-19,21-22,24-25,27-28,30-31,33-34,39,41,46-47,51H,6-7,9,11-12,17,20,23,26,29,32,35-38,40,42-45H2,1-5H3,(H-,49,52,53,54)/b10-8-,15-13+,16-14-,19-18-,22-21-,25-24-,28-27-,31-30-,34-33-,41-39+. The second-order valence-electron chi connectivity index (χ2n) is 14.9. The van der Waals surface area contributed by atoms with Gasteiger partial charge in [0.05, 0.1) is 39.9 Å². The minimum Gasteiger partial charge on any atom is -0.756 e. The number of amides is 1. The zero-order valence-corrected chi connectivity index (χ0v) is 37.1. The van der Waals surface area contributed by atoms with Crippen molar-refractivity contribution in [3.63, 3.8) is 0 Å². The van der Waals surface area contributed by atoms with Gasteiger partial charge in [0.15, 0.2) is 0 Å². The van der Waals surface area contributed by atoms with Crippen molar-refractivity contribution in [3.05, 3.63) is 122 Å². The second-order valence-corrected chi connectivity index (χ2v) is 16.4. The van der Waals surface area contributed by atoms with E-state index < -0.39 is 26.6 Å². The van der Waals surface area contributed by atoms with Gasteiger partial charge in [0, 0.05) is 6.42 Å². The largest absolute Gasteiger partial charge is 0.756 e. The summed E-state index contributed by atoms with van der Waals surface area (Å²) in [6.45, 7) is 4.35. The summed E-state index contributed by atoms with van der Waals surface area (Å²) in [4.78, 5) is 25.1. The summed E-state index contributed by atoms with van der Waals surface area (Å²) in [6, 6.07) is -0.933. The van der Waals surface area contributed by atoms with Crippen molar-refractivity contribution >= 4 is 13.7 Å². The Labute approximate surface area is 348 Å². The van der Waals surface area contributed by atoms with E-state index in [2.05, 4.69) is 129 Å². The molecule has 0 fully saturated rings. The molecule has 3 atom stereocenters. The van der Waals surface area contributed by atoms with Gasteiger partial charge in [-0.1, -0.05) is 148 Å². The number of phosphoric ester groups is 1. The van der Waals surface area contributed by atoms with E-state index >= 15 is 0 Å². The van der Waals surface area contributed by atoms with E-state index in [4.69, 9.17) is 9.05 Å². The first-order chi connectivity index (χ1) is 27.5. The molecule has 0 bridgehead atoms. The Balaban J connectivity index is 4.40. The number of hydrogen-bond acceptors (Lipinski definition) is 6. The SMILES string of the molecule is CC/C=C\C/C=C\C/C=C\C/C=C\C/C=C\C/C=C\C/C=C\C/C=C\CCCCC(=O)NC(COP(=O)([O-])OCC[N+](C)(C)C)C(O)/C=C/CC/C=C/CCCC. The lowest BCUT2D eigenvalue weighted by molar-refractivity contribution is -0.870.